The molecule has 286 valence electrons. The summed E-state index contributed by atoms with van der Waals surface area (Å²) < 4.78 is 0. The van der Waals surface area contributed by atoms with Crippen molar-refractivity contribution in [2.75, 3.05) is 4.90 Å². The van der Waals surface area contributed by atoms with Crippen molar-refractivity contribution in [3.63, 3.8) is 0 Å². The predicted octanol–water partition coefficient (Wildman–Crippen LogP) is 15.3. The lowest BCUT2D eigenvalue weighted by atomic mass is 9.55. The molecular weight excluding hydrogens is 723 g/mol. The van der Waals surface area contributed by atoms with Crippen molar-refractivity contribution in [1.82, 2.24) is 0 Å². The lowest BCUT2D eigenvalue weighted by Crippen LogP contribution is -2.41. The van der Waals surface area contributed by atoms with Gasteiger partial charge in [0.25, 0.3) is 0 Å². The molecule has 0 aliphatic heterocycles. The molecule has 0 N–H and O–H groups in total. The van der Waals surface area contributed by atoms with E-state index >= 15 is 0 Å². The minimum atomic E-state index is -0.537. The fourth-order valence-corrected chi connectivity index (χ4v) is 11.7. The normalized spacial score (nSPS) is 17.0. The van der Waals surface area contributed by atoms with E-state index in [9.17, 15) is 0 Å². The van der Waals surface area contributed by atoms with E-state index < -0.39 is 5.41 Å². The summed E-state index contributed by atoms with van der Waals surface area (Å²) in [5.74, 6) is 0. The number of fused-ring (bicyclic) bond motifs is 13. The van der Waals surface area contributed by atoms with Crippen LogP contribution in [0.5, 0.6) is 0 Å². The van der Waals surface area contributed by atoms with Crippen LogP contribution in [0.4, 0.5) is 17.1 Å². The number of nitrogens with zero attached hydrogens (tertiary/aromatic N) is 1. The summed E-state index contributed by atoms with van der Waals surface area (Å²) in [7, 11) is 0. The highest BCUT2D eigenvalue weighted by Crippen LogP contribution is 2.65. The zero-order valence-corrected chi connectivity index (χ0v) is 34.5. The molecule has 1 heteroatoms. The molecule has 12 rings (SSSR count). The van der Waals surface area contributed by atoms with Gasteiger partial charge in [-0.25, -0.2) is 0 Å². The Morgan fingerprint density at radius 2 is 0.900 bits per heavy atom. The molecule has 1 unspecified atom stereocenters. The van der Waals surface area contributed by atoms with Crippen molar-refractivity contribution in [3.05, 3.63) is 245 Å². The van der Waals surface area contributed by atoms with E-state index in [2.05, 4.69) is 233 Å². The van der Waals surface area contributed by atoms with E-state index in [4.69, 9.17) is 0 Å². The Kier molecular flexibility index (Phi) is 7.31. The van der Waals surface area contributed by atoms with E-state index in [0.29, 0.717) is 0 Å². The van der Waals surface area contributed by atoms with Gasteiger partial charge in [0, 0.05) is 22.2 Å². The lowest BCUT2D eigenvalue weighted by Gasteiger charge is -2.48. The second-order valence-electron chi connectivity index (χ2n) is 18.0. The molecule has 0 saturated heterocycles. The summed E-state index contributed by atoms with van der Waals surface area (Å²) in [6.45, 7) is 9.66. The molecule has 9 aromatic rings. The van der Waals surface area contributed by atoms with E-state index in [1.165, 1.54) is 100 Å². The van der Waals surface area contributed by atoms with Crippen LogP contribution in [0.15, 0.2) is 200 Å². The molecule has 0 saturated carbocycles. The van der Waals surface area contributed by atoms with Crippen molar-refractivity contribution < 1.29 is 0 Å². The van der Waals surface area contributed by atoms with Crippen LogP contribution in [-0.4, -0.2) is 0 Å². The Balaban J connectivity index is 1.19. The van der Waals surface area contributed by atoms with Gasteiger partial charge in [-0.1, -0.05) is 198 Å². The first-order valence-electron chi connectivity index (χ1n) is 21.4. The van der Waals surface area contributed by atoms with Gasteiger partial charge in [0.1, 0.15) is 0 Å². The fourth-order valence-electron chi connectivity index (χ4n) is 11.7. The summed E-state index contributed by atoms with van der Waals surface area (Å²) >= 11 is 0. The van der Waals surface area contributed by atoms with Gasteiger partial charge in [0.15, 0.2) is 0 Å². The number of anilines is 3. The first-order chi connectivity index (χ1) is 29.3. The Morgan fingerprint density at radius 3 is 1.72 bits per heavy atom. The largest absolute Gasteiger partial charge is 0.310 e. The third-order valence-electron chi connectivity index (χ3n) is 14.3. The summed E-state index contributed by atoms with van der Waals surface area (Å²) in [4.78, 5) is 2.57. The third kappa shape index (κ3) is 4.58. The standard InChI is InChI=1S/C59H45N/c1-57(2)47-25-12-10-22-44(47)45-35-34-42(37-53(45)57)60(41-33-32-38-18-8-9-21-40(38)36-41)54-31-17-30-52-56(54)58(3,4)49-27-14-15-28-50(49)59(52)48-26-13-11-23-46(48)55-43(24-16-29-51(55)59)39-19-6-5-7-20-39/h5-37H,1-4H3. The third-order valence-corrected chi connectivity index (χ3v) is 14.3. The molecule has 3 aliphatic carbocycles. The number of benzene rings is 9. The van der Waals surface area contributed by atoms with E-state index in [1.54, 1.807) is 0 Å². The molecule has 1 nitrogen and oxygen atoms in total. The maximum absolute atomic E-state index is 2.57. The molecule has 1 atom stereocenters. The smallest absolute Gasteiger partial charge is 0.0720 e. The number of hydrogen-bond donors (Lipinski definition) is 0. The molecule has 3 aliphatic rings. The highest BCUT2D eigenvalue weighted by atomic mass is 15.1. The average molecular weight is 768 g/mol. The number of rotatable bonds is 4. The molecule has 60 heavy (non-hydrogen) atoms. The first-order valence-corrected chi connectivity index (χ1v) is 21.4. The molecule has 0 bridgehead atoms. The molecule has 1 spiro atoms. The van der Waals surface area contributed by atoms with Gasteiger partial charge < -0.3 is 4.90 Å². The van der Waals surface area contributed by atoms with Crippen molar-refractivity contribution in [2.24, 2.45) is 0 Å². The Hall–Kier alpha value is -6.96. The van der Waals surface area contributed by atoms with Crippen molar-refractivity contribution in [2.45, 2.75) is 43.9 Å². The van der Waals surface area contributed by atoms with Gasteiger partial charge in [-0.15, -0.1) is 0 Å². The summed E-state index contributed by atoms with van der Waals surface area (Å²) in [6.07, 6.45) is 0. The second-order valence-corrected chi connectivity index (χ2v) is 18.0. The van der Waals surface area contributed by atoms with Gasteiger partial charge >= 0.3 is 0 Å². The van der Waals surface area contributed by atoms with Crippen molar-refractivity contribution in [1.29, 1.82) is 0 Å². The highest BCUT2D eigenvalue weighted by molar-refractivity contribution is 5.98. The van der Waals surface area contributed by atoms with Crippen LogP contribution in [0.25, 0.3) is 44.2 Å². The van der Waals surface area contributed by atoms with Gasteiger partial charge in [-0.05, 0) is 119 Å². The molecule has 9 aromatic carbocycles. The Bertz CT molecular complexity index is 3220. The highest BCUT2D eigenvalue weighted by Gasteiger charge is 2.54. The van der Waals surface area contributed by atoms with Crippen LogP contribution in [0.2, 0.25) is 0 Å². The Labute approximate surface area is 353 Å². The summed E-state index contributed by atoms with van der Waals surface area (Å²) in [5.41, 5.74) is 21.2. The topological polar surface area (TPSA) is 3.24 Å². The van der Waals surface area contributed by atoms with E-state index in [-0.39, 0.29) is 10.8 Å². The van der Waals surface area contributed by atoms with E-state index in [0.717, 1.165) is 5.69 Å². The summed E-state index contributed by atoms with van der Waals surface area (Å²) in [6, 6.07) is 75.5. The maximum atomic E-state index is 2.57. The van der Waals surface area contributed by atoms with Crippen LogP contribution in [0.1, 0.15) is 72.2 Å². The predicted molar refractivity (Wildman–Crippen MR) is 251 cm³/mol. The van der Waals surface area contributed by atoms with Crippen LogP contribution < -0.4 is 4.90 Å². The number of hydrogen-bond acceptors (Lipinski definition) is 1. The minimum Gasteiger partial charge on any atom is -0.310 e. The monoisotopic (exact) mass is 767 g/mol. The first kappa shape index (κ1) is 35.0. The Morgan fingerprint density at radius 1 is 0.333 bits per heavy atom. The van der Waals surface area contributed by atoms with Crippen LogP contribution in [-0.2, 0) is 16.2 Å². The van der Waals surface area contributed by atoms with Gasteiger partial charge in [0.05, 0.1) is 11.1 Å². The maximum Gasteiger partial charge on any atom is 0.0720 e. The van der Waals surface area contributed by atoms with Crippen molar-refractivity contribution in [3.8, 4) is 33.4 Å². The van der Waals surface area contributed by atoms with Gasteiger partial charge in [-0.2, -0.15) is 0 Å². The molecule has 0 heterocycles. The van der Waals surface area contributed by atoms with Gasteiger partial charge in [-0.3, -0.25) is 0 Å². The van der Waals surface area contributed by atoms with Gasteiger partial charge in [0.2, 0.25) is 0 Å². The molecular formula is C59H45N. The zero-order valence-electron chi connectivity index (χ0n) is 34.5. The minimum absolute atomic E-state index is 0.136. The second kappa shape index (κ2) is 12.5. The van der Waals surface area contributed by atoms with Crippen LogP contribution in [0, 0.1) is 0 Å². The van der Waals surface area contributed by atoms with Crippen LogP contribution in [0.3, 0.4) is 0 Å². The molecule has 0 amide bonds. The zero-order chi connectivity index (χ0) is 40.4. The summed E-state index contributed by atoms with van der Waals surface area (Å²) in [5, 5.41) is 2.47. The molecule has 0 radical (unpaired) electrons. The lowest BCUT2D eigenvalue weighted by molar-refractivity contribution is 0.564. The van der Waals surface area contributed by atoms with E-state index in [1.807, 2.05) is 0 Å². The van der Waals surface area contributed by atoms with Crippen LogP contribution >= 0.6 is 0 Å². The molecule has 0 fully saturated rings. The average Bonchev–Trinajstić information content (AvgIpc) is 3.72. The molecule has 0 aromatic heterocycles. The fraction of sp³-hybridized carbons (Fsp3) is 0.119. The quantitative estimate of drug-likeness (QED) is 0.172. The van der Waals surface area contributed by atoms with Crippen molar-refractivity contribution >= 4 is 27.8 Å². The SMILES string of the molecule is CC1(C)c2ccccc2-c2ccc(N(c3ccc4ccccc4c3)c3cccc4c3C(C)(C)c3ccccc3C43c4ccccc4-c4c(-c5ccccc5)cccc43)cc21.